The molecule has 10 nitrogen and oxygen atoms in total. The number of hydrogen-bond acceptors (Lipinski definition) is 6. The number of carbonyl (C=O) groups excluding carboxylic acids is 2. The number of esters is 1. The first-order valence-electron chi connectivity index (χ1n) is 12.1. The lowest BCUT2D eigenvalue weighted by atomic mass is 10.2. The van der Waals surface area contributed by atoms with Gasteiger partial charge in [0.25, 0.3) is 11.5 Å². The molecule has 1 amide bonds. The van der Waals surface area contributed by atoms with Crippen LogP contribution in [0.5, 0.6) is 0 Å². The number of para-hydroxylation sites is 1. The van der Waals surface area contributed by atoms with Gasteiger partial charge in [-0.15, -0.1) is 0 Å². The summed E-state index contributed by atoms with van der Waals surface area (Å²) in [6.45, 7) is 7.38. The van der Waals surface area contributed by atoms with Gasteiger partial charge in [-0.05, 0) is 49.8 Å². The smallest absolute Gasteiger partial charge is 0.331 e. The predicted molar refractivity (Wildman–Crippen MR) is 146 cm³/mol. The Balaban J connectivity index is 1.65. The third-order valence-electron chi connectivity index (χ3n) is 6.10. The molecule has 0 aliphatic rings. The first-order chi connectivity index (χ1) is 18.0. The fourth-order valence-corrected chi connectivity index (χ4v) is 5.29. The van der Waals surface area contributed by atoms with E-state index in [9.17, 15) is 22.8 Å². The highest BCUT2D eigenvalue weighted by Crippen LogP contribution is 2.17. The standard InChI is InChI=1S/C27H32N4O6S/c1-6-30(7-2)38(35,36)23-16-13-21(14-17-23)15-18-24(32)37-20(4)26(33)28-25-19(3)29(5)31(27(25)34)22-11-9-8-10-12-22/h8-18,20H,6-7H2,1-5H3,(H,28,33)/b18-15+/t20-/m1/s1. The molecule has 0 fully saturated rings. The molecule has 0 bridgehead atoms. The van der Waals surface area contributed by atoms with Crippen molar-refractivity contribution in [3.63, 3.8) is 0 Å². The molecule has 0 aliphatic carbocycles. The second-order valence-corrected chi connectivity index (χ2v) is 10.4. The van der Waals surface area contributed by atoms with Gasteiger partial charge in [0.15, 0.2) is 6.10 Å². The number of amides is 1. The van der Waals surface area contributed by atoms with Gasteiger partial charge in [-0.3, -0.25) is 14.3 Å². The Morgan fingerprint density at radius 2 is 1.66 bits per heavy atom. The van der Waals surface area contributed by atoms with Gasteiger partial charge in [-0.2, -0.15) is 4.31 Å². The molecule has 1 heterocycles. The second-order valence-electron chi connectivity index (χ2n) is 8.50. The molecule has 38 heavy (non-hydrogen) atoms. The SMILES string of the molecule is CCN(CC)S(=O)(=O)c1ccc(/C=C/C(=O)O[C@H](C)C(=O)Nc2c(C)n(C)n(-c3ccccc3)c2=O)cc1. The third kappa shape index (κ3) is 6.12. The lowest BCUT2D eigenvalue weighted by molar-refractivity contribution is -0.148. The van der Waals surface area contributed by atoms with Crippen LogP contribution in [0.15, 0.2) is 70.4 Å². The molecule has 202 valence electrons. The van der Waals surface area contributed by atoms with E-state index in [4.69, 9.17) is 4.74 Å². The van der Waals surface area contributed by atoms with Gasteiger partial charge >= 0.3 is 5.97 Å². The van der Waals surface area contributed by atoms with E-state index < -0.39 is 33.6 Å². The number of anilines is 1. The summed E-state index contributed by atoms with van der Waals surface area (Å²) in [6.07, 6.45) is 1.44. The van der Waals surface area contributed by atoms with Crippen LogP contribution in [-0.4, -0.2) is 53.2 Å². The van der Waals surface area contributed by atoms with Crippen LogP contribution in [0.1, 0.15) is 32.0 Å². The molecule has 1 N–H and O–H groups in total. The maximum Gasteiger partial charge on any atom is 0.331 e. The molecule has 0 saturated heterocycles. The summed E-state index contributed by atoms with van der Waals surface area (Å²) >= 11 is 0. The molecule has 1 aromatic heterocycles. The molecule has 3 aromatic rings. The topological polar surface area (TPSA) is 120 Å². The molecule has 0 aliphatic heterocycles. The van der Waals surface area contributed by atoms with Crippen LogP contribution in [0.3, 0.4) is 0 Å². The number of hydrogen-bond donors (Lipinski definition) is 1. The van der Waals surface area contributed by atoms with E-state index in [2.05, 4.69) is 5.32 Å². The van der Waals surface area contributed by atoms with Gasteiger partial charge in [-0.25, -0.2) is 17.9 Å². The van der Waals surface area contributed by atoms with Crippen LogP contribution in [0.4, 0.5) is 5.69 Å². The van der Waals surface area contributed by atoms with Crippen LogP contribution < -0.4 is 10.9 Å². The summed E-state index contributed by atoms with van der Waals surface area (Å²) in [7, 11) is -1.87. The van der Waals surface area contributed by atoms with E-state index >= 15 is 0 Å². The Labute approximate surface area is 222 Å². The molecule has 1 atom stereocenters. The zero-order chi connectivity index (χ0) is 28.0. The van der Waals surface area contributed by atoms with Crippen molar-refractivity contribution in [2.24, 2.45) is 7.05 Å². The van der Waals surface area contributed by atoms with Crippen molar-refractivity contribution < 1.29 is 22.7 Å². The van der Waals surface area contributed by atoms with Gasteiger partial charge in [0.2, 0.25) is 10.0 Å². The Kier molecular flexibility index (Phi) is 9.08. The molecule has 0 saturated carbocycles. The highest BCUT2D eigenvalue weighted by Gasteiger charge is 2.23. The van der Waals surface area contributed by atoms with E-state index in [0.717, 1.165) is 6.08 Å². The normalized spacial score (nSPS) is 12.6. The first kappa shape index (κ1) is 28.6. The van der Waals surface area contributed by atoms with Crippen molar-refractivity contribution in [1.29, 1.82) is 0 Å². The van der Waals surface area contributed by atoms with Gasteiger partial charge in [-0.1, -0.05) is 44.2 Å². The summed E-state index contributed by atoms with van der Waals surface area (Å²) in [5.41, 5.74) is 1.46. The molecule has 11 heteroatoms. The Morgan fingerprint density at radius 3 is 2.24 bits per heavy atom. The fraction of sp³-hybridized carbons (Fsp3) is 0.296. The minimum atomic E-state index is -3.58. The minimum absolute atomic E-state index is 0.0968. The van der Waals surface area contributed by atoms with Gasteiger partial charge in [0.05, 0.1) is 16.3 Å². The number of rotatable bonds is 10. The molecular weight excluding hydrogens is 508 g/mol. The third-order valence-corrected chi connectivity index (χ3v) is 8.16. The molecule has 0 radical (unpaired) electrons. The van der Waals surface area contributed by atoms with Gasteiger partial charge < -0.3 is 10.1 Å². The zero-order valence-electron chi connectivity index (χ0n) is 22.0. The number of nitrogens with zero attached hydrogens (tertiary/aromatic N) is 3. The fourth-order valence-electron chi connectivity index (χ4n) is 3.83. The average Bonchev–Trinajstić information content (AvgIpc) is 3.11. The number of ether oxygens (including phenoxy) is 1. The first-order valence-corrected chi connectivity index (χ1v) is 13.6. The summed E-state index contributed by atoms with van der Waals surface area (Å²) in [5.74, 6) is -1.41. The quantitative estimate of drug-likeness (QED) is 0.312. The molecule has 2 aromatic carbocycles. The monoisotopic (exact) mass is 540 g/mol. The lowest BCUT2D eigenvalue weighted by Crippen LogP contribution is -2.31. The van der Waals surface area contributed by atoms with Crippen molar-refractivity contribution in [2.45, 2.75) is 38.7 Å². The minimum Gasteiger partial charge on any atom is -0.449 e. The molecule has 3 rings (SSSR count). The average molecular weight is 541 g/mol. The van der Waals surface area contributed by atoms with Crippen LogP contribution >= 0.6 is 0 Å². The Hall–Kier alpha value is -3.96. The predicted octanol–water partition coefficient (Wildman–Crippen LogP) is 3.10. The zero-order valence-corrected chi connectivity index (χ0v) is 22.9. The highest BCUT2D eigenvalue weighted by molar-refractivity contribution is 7.89. The number of nitrogens with one attached hydrogen (secondary N) is 1. The van der Waals surface area contributed by atoms with Crippen LogP contribution in [0, 0.1) is 6.92 Å². The van der Waals surface area contributed by atoms with Crippen molar-refractivity contribution in [3.05, 3.63) is 82.3 Å². The van der Waals surface area contributed by atoms with Crippen LogP contribution in [0.25, 0.3) is 11.8 Å². The number of sulfonamides is 1. The van der Waals surface area contributed by atoms with Crippen LogP contribution in [-0.2, 0) is 31.4 Å². The maximum atomic E-state index is 13.0. The van der Waals surface area contributed by atoms with E-state index in [-0.39, 0.29) is 10.6 Å². The van der Waals surface area contributed by atoms with Gasteiger partial charge in [0.1, 0.15) is 5.69 Å². The second kappa shape index (κ2) is 12.1. The Bertz CT molecular complexity index is 1480. The van der Waals surface area contributed by atoms with Crippen LogP contribution in [0.2, 0.25) is 0 Å². The molecule has 0 spiro atoms. The number of carbonyl (C=O) groups is 2. The number of aromatic nitrogens is 2. The van der Waals surface area contributed by atoms with Crippen molar-refractivity contribution in [1.82, 2.24) is 13.7 Å². The van der Waals surface area contributed by atoms with E-state index in [1.807, 2.05) is 6.07 Å². The summed E-state index contributed by atoms with van der Waals surface area (Å²) < 4.78 is 34.8. The highest BCUT2D eigenvalue weighted by atomic mass is 32.2. The molecular formula is C27H32N4O6S. The van der Waals surface area contributed by atoms with Crippen molar-refractivity contribution in [3.8, 4) is 5.69 Å². The van der Waals surface area contributed by atoms with E-state index in [1.54, 1.807) is 68.9 Å². The summed E-state index contributed by atoms with van der Waals surface area (Å²) in [6, 6.07) is 15.1. The lowest BCUT2D eigenvalue weighted by Gasteiger charge is -2.18. The molecule has 0 unspecified atom stereocenters. The maximum absolute atomic E-state index is 13.0. The summed E-state index contributed by atoms with van der Waals surface area (Å²) in [4.78, 5) is 38.1. The Morgan fingerprint density at radius 1 is 1.05 bits per heavy atom. The van der Waals surface area contributed by atoms with Crippen molar-refractivity contribution >= 4 is 33.7 Å². The van der Waals surface area contributed by atoms with Crippen molar-refractivity contribution in [2.75, 3.05) is 18.4 Å². The largest absolute Gasteiger partial charge is 0.449 e. The number of benzene rings is 2. The van der Waals surface area contributed by atoms with E-state index in [1.165, 1.54) is 34.1 Å². The van der Waals surface area contributed by atoms with Gasteiger partial charge in [0, 0.05) is 26.2 Å². The van der Waals surface area contributed by atoms with E-state index in [0.29, 0.717) is 30.0 Å². The summed E-state index contributed by atoms with van der Waals surface area (Å²) in [5, 5.41) is 2.57.